The molecule has 0 aromatic carbocycles. The minimum atomic E-state index is -1.98. The third-order valence-corrected chi connectivity index (χ3v) is 9.87. The number of rotatable bonds is 23. The predicted octanol–water partition coefficient (Wildman–Crippen LogP) is -2.87. The quantitative estimate of drug-likeness (QED) is 0.0364. The van der Waals surface area contributed by atoms with E-state index >= 15 is 0 Å². The highest BCUT2D eigenvalue weighted by Crippen LogP contribution is 2.32. The maximum absolute atomic E-state index is 12.5. The fraction of sp³-hybridized carbons (Fsp3) is 0.816. The van der Waals surface area contributed by atoms with Gasteiger partial charge in [0.15, 0.2) is 18.9 Å². The van der Waals surface area contributed by atoms with Crippen LogP contribution < -0.4 is 5.32 Å². The normalized spacial score (nSPS) is 37.6. The van der Waals surface area contributed by atoms with Crippen molar-refractivity contribution in [2.45, 2.75) is 169 Å². The molecule has 0 saturated carbocycles. The molecule has 0 radical (unpaired) electrons. The molecule has 0 aliphatic carbocycles. The highest BCUT2D eigenvalue weighted by atomic mass is 16.8. The van der Waals surface area contributed by atoms with E-state index in [9.17, 15) is 61.0 Å². The highest BCUT2D eigenvalue weighted by molar-refractivity contribution is 5.76. The van der Waals surface area contributed by atoms with E-state index in [2.05, 4.69) is 36.5 Å². The van der Waals surface area contributed by atoms with E-state index < -0.39 is 124 Å². The molecule has 57 heavy (non-hydrogen) atoms. The van der Waals surface area contributed by atoms with Gasteiger partial charge in [-0.05, 0) is 38.5 Å². The van der Waals surface area contributed by atoms with Crippen LogP contribution in [-0.2, 0) is 33.2 Å². The van der Waals surface area contributed by atoms with Crippen molar-refractivity contribution in [3.05, 3.63) is 36.5 Å². The second kappa shape index (κ2) is 25.6. The van der Waals surface area contributed by atoms with Crippen molar-refractivity contribution < 1.29 is 89.4 Å². The zero-order valence-corrected chi connectivity index (χ0v) is 32.5. The van der Waals surface area contributed by atoms with Gasteiger partial charge in [-0.25, -0.2) is 0 Å². The maximum atomic E-state index is 12.5. The Morgan fingerprint density at radius 2 is 1.05 bits per heavy atom. The van der Waals surface area contributed by atoms with Crippen molar-refractivity contribution in [2.24, 2.45) is 0 Å². The van der Waals surface area contributed by atoms with Crippen LogP contribution in [0.1, 0.15) is 65.2 Å². The summed E-state index contributed by atoms with van der Waals surface area (Å²) in [6.07, 6.45) is -8.87. The Morgan fingerprint density at radius 3 is 1.56 bits per heavy atom. The van der Waals surface area contributed by atoms with Crippen molar-refractivity contribution in [3.8, 4) is 0 Å². The molecule has 19 nitrogen and oxygen atoms in total. The molecule has 0 aromatic rings. The van der Waals surface area contributed by atoms with Crippen LogP contribution >= 0.6 is 0 Å². The Hall–Kier alpha value is -1.99. The average Bonchev–Trinajstić information content (AvgIpc) is 3.20. The summed E-state index contributed by atoms with van der Waals surface area (Å²) in [5.74, 6) is -0.350. The van der Waals surface area contributed by atoms with Gasteiger partial charge in [0, 0.05) is 6.42 Å². The largest absolute Gasteiger partial charge is 0.394 e. The summed E-state index contributed by atoms with van der Waals surface area (Å²) in [4.78, 5) is 12.5. The van der Waals surface area contributed by atoms with Gasteiger partial charge in [0.2, 0.25) is 5.91 Å². The van der Waals surface area contributed by atoms with E-state index in [0.29, 0.717) is 12.8 Å². The molecule has 3 fully saturated rings. The summed E-state index contributed by atoms with van der Waals surface area (Å²) in [7, 11) is 0. The maximum Gasteiger partial charge on any atom is 0.220 e. The van der Waals surface area contributed by atoms with E-state index in [0.717, 1.165) is 32.1 Å². The molecule has 19 heteroatoms. The Morgan fingerprint density at radius 1 is 0.596 bits per heavy atom. The first-order valence-electron chi connectivity index (χ1n) is 19.7. The molecule has 0 bridgehead atoms. The predicted molar refractivity (Wildman–Crippen MR) is 199 cm³/mol. The average molecular weight is 824 g/mol. The SMILES string of the molecule is CCC/C=C/CC/C=C/CC/C=C/C(O)C(COC1OC(CO)C(OC2OC(CO)C(OC3OC(CO)C(O)C(O)C3O)C(O)C2O)C(O)C1O)NC(=O)CCC. The van der Waals surface area contributed by atoms with Gasteiger partial charge < -0.3 is 89.9 Å². The van der Waals surface area contributed by atoms with Gasteiger partial charge in [0.25, 0.3) is 0 Å². The lowest BCUT2D eigenvalue weighted by atomic mass is 9.96. The van der Waals surface area contributed by atoms with E-state index in [1.54, 1.807) is 6.08 Å². The lowest BCUT2D eigenvalue weighted by molar-refractivity contribution is -0.379. The number of hydrogen-bond acceptors (Lipinski definition) is 18. The highest BCUT2D eigenvalue weighted by Gasteiger charge is 2.53. The van der Waals surface area contributed by atoms with E-state index in [4.69, 9.17) is 28.4 Å². The number of carbonyl (C=O) groups excluding carboxylic acids is 1. The van der Waals surface area contributed by atoms with Crippen molar-refractivity contribution in [3.63, 3.8) is 0 Å². The number of aliphatic hydroxyl groups is 11. The van der Waals surface area contributed by atoms with Crippen LogP contribution in [0.4, 0.5) is 0 Å². The van der Waals surface area contributed by atoms with E-state index in [1.807, 2.05) is 6.92 Å². The van der Waals surface area contributed by atoms with E-state index in [-0.39, 0.29) is 18.9 Å². The number of unbranched alkanes of at least 4 members (excludes halogenated alkanes) is 3. The zero-order valence-electron chi connectivity index (χ0n) is 32.5. The molecule has 3 saturated heterocycles. The van der Waals surface area contributed by atoms with Gasteiger partial charge in [-0.2, -0.15) is 0 Å². The Bertz CT molecular complexity index is 1220. The second-order valence-electron chi connectivity index (χ2n) is 14.4. The first-order valence-corrected chi connectivity index (χ1v) is 19.7. The van der Waals surface area contributed by atoms with Crippen LogP contribution in [0.5, 0.6) is 0 Å². The summed E-state index contributed by atoms with van der Waals surface area (Å²) in [5.41, 5.74) is 0. The topological polar surface area (TPSA) is 307 Å². The molecule has 1 amide bonds. The van der Waals surface area contributed by atoms with Crippen LogP contribution in [0.3, 0.4) is 0 Å². The number of aliphatic hydroxyl groups excluding tert-OH is 11. The number of hydrogen-bond donors (Lipinski definition) is 12. The summed E-state index contributed by atoms with van der Waals surface area (Å²) < 4.78 is 33.6. The standard InChI is InChI=1S/C38H65NO18/c1-3-5-6-7-8-9-10-11-12-13-14-16-22(43)21(39-26(44)15-4-2)20-52-36-32(50)29(47)34(24(18-41)54-36)57-38-33(51)30(48)35(25(19-42)55-38)56-37-31(49)28(46)27(45)23(17-40)53-37/h6-7,10-11,14,16,21-25,27-38,40-43,45-51H,3-5,8-9,12-13,15,17-20H2,1-2H3,(H,39,44)/b7-6+,11-10+,16-14+. The van der Waals surface area contributed by atoms with Crippen LogP contribution in [0, 0.1) is 0 Å². The first kappa shape index (κ1) is 49.4. The molecule has 0 aromatic heterocycles. The van der Waals surface area contributed by atoms with Gasteiger partial charge in [0.1, 0.15) is 73.2 Å². The van der Waals surface area contributed by atoms with Gasteiger partial charge in [-0.1, -0.05) is 56.7 Å². The fourth-order valence-electron chi connectivity index (χ4n) is 6.50. The Kier molecular flexibility index (Phi) is 22.2. The number of nitrogens with one attached hydrogen (secondary N) is 1. The minimum absolute atomic E-state index is 0.180. The molecule has 3 aliphatic rings. The first-order chi connectivity index (χ1) is 27.3. The van der Waals surface area contributed by atoms with Crippen LogP contribution in [0.25, 0.3) is 0 Å². The van der Waals surface area contributed by atoms with Gasteiger partial charge in [-0.3, -0.25) is 4.79 Å². The third kappa shape index (κ3) is 14.3. The minimum Gasteiger partial charge on any atom is -0.394 e. The Labute approximate surface area is 332 Å². The molecule has 3 rings (SSSR count). The summed E-state index contributed by atoms with van der Waals surface area (Å²) in [6, 6.07) is -0.985. The summed E-state index contributed by atoms with van der Waals surface area (Å²) in [6.45, 7) is 1.13. The Balaban J connectivity index is 1.60. The van der Waals surface area contributed by atoms with Crippen molar-refractivity contribution in [1.29, 1.82) is 0 Å². The molecule has 3 aliphatic heterocycles. The lowest BCUT2D eigenvalue weighted by Gasteiger charge is -2.48. The van der Waals surface area contributed by atoms with Gasteiger partial charge in [0.05, 0.1) is 38.6 Å². The lowest BCUT2D eigenvalue weighted by Crippen LogP contribution is -2.66. The third-order valence-electron chi connectivity index (χ3n) is 9.87. The number of carbonyl (C=O) groups is 1. The molecular weight excluding hydrogens is 758 g/mol. The smallest absolute Gasteiger partial charge is 0.220 e. The van der Waals surface area contributed by atoms with Crippen LogP contribution in [0.2, 0.25) is 0 Å². The monoisotopic (exact) mass is 823 g/mol. The van der Waals surface area contributed by atoms with Crippen molar-refractivity contribution in [2.75, 3.05) is 26.4 Å². The molecule has 17 unspecified atom stereocenters. The van der Waals surface area contributed by atoms with Gasteiger partial charge in [-0.15, -0.1) is 0 Å². The fourth-order valence-corrected chi connectivity index (χ4v) is 6.50. The summed E-state index contributed by atoms with van der Waals surface area (Å²) in [5, 5.41) is 118. The van der Waals surface area contributed by atoms with Crippen LogP contribution in [-0.4, -0.2) is 193 Å². The second-order valence-corrected chi connectivity index (χ2v) is 14.4. The molecular formula is C38H65NO18. The van der Waals surface area contributed by atoms with Crippen LogP contribution in [0.15, 0.2) is 36.5 Å². The number of ether oxygens (including phenoxy) is 6. The molecule has 17 atom stereocenters. The van der Waals surface area contributed by atoms with Gasteiger partial charge >= 0.3 is 0 Å². The molecule has 3 heterocycles. The molecule has 330 valence electrons. The number of allylic oxidation sites excluding steroid dienone is 5. The zero-order chi connectivity index (χ0) is 42.1. The molecule has 0 spiro atoms. The van der Waals surface area contributed by atoms with E-state index in [1.165, 1.54) is 6.08 Å². The van der Waals surface area contributed by atoms with Crippen molar-refractivity contribution in [1.82, 2.24) is 5.32 Å². The van der Waals surface area contributed by atoms with Crippen molar-refractivity contribution >= 4 is 5.91 Å². The molecule has 12 N–H and O–H groups in total. The summed E-state index contributed by atoms with van der Waals surface area (Å²) >= 11 is 0. The number of amides is 1.